The molecule has 1 aromatic carbocycles. The standard InChI is InChI=1S/C19H23NO3/c1-13-17(19(21)22-3)11-15(23-13)12-20(2)18-10-6-8-14-7-4-5-9-16(14)18/h4-5,7,9,11,18H,6,8,10,12H2,1-3H3. The van der Waals surface area contributed by atoms with Gasteiger partial charge >= 0.3 is 5.97 Å². The van der Waals surface area contributed by atoms with Crippen LogP contribution in [0, 0.1) is 6.92 Å². The normalized spacial score (nSPS) is 17.1. The summed E-state index contributed by atoms with van der Waals surface area (Å²) < 4.78 is 10.5. The quantitative estimate of drug-likeness (QED) is 0.803. The molecule has 4 heteroatoms. The van der Waals surface area contributed by atoms with E-state index in [1.54, 1.807) is 13.0 Å². The van der Waals surface area contributed by atoms with Gasteiger partial charge in [-0.2, -0.15) is 0 Å². The van der Waals surface area contributed by atoms with Crippen molar-refractivity contribution >= 4 is 5.97 Å². The molecule has 0 amide bonds. The molecule has 1 unspecified atom stereocenters. The summed E-state index contributed by atoms with van der Waals surface area (Å²) in [5, 5.41) is 0. The second-order valence-corrected chi connectivity index (χ2v) is 6.20. The molecule has 0 fully saturated rings. The van der Waals surface area contributed by atoms with E-state index in [9.17, 15) is 4.79 Å². The average Bonchev–Trinajstić information content (AvgIpc) is 2.93. The highest BCUT2D eigenvalue weighted by molar-refractivity contribution is 5.90. The number of hydrogen-bond acceptors (Lipinski definition) is 4. The summed E-state index contributed by atoms with van der Waals surface area (Å²) >= 11 is 0. The topological polar surface area (TPSA) is 42.7 Å². The summed E-state index contributed by atoms with van der Waals surface area (Å²) in [5.41, 5.74) is 3.37. The van der Waals surface area contributed by atoms with E-state index < -0.39 is 0 Å². The van der Waals surface area contributed by atoms with E-state index in [4.69, 9.17) is 9.15 Å². The Morgan fingerprint density at radius 3 is 2.96 bits per heavy atom. The summed E-state index contributed by atoms with van der Waals surface area (Å²) in [5.74, 6) is 1.07. The first-order valence-electron chi connectivity index (χ1n) is 8.06. The van der Waals surface area contributed by atoms with Gasteiger partial charge < -0.3 is 9.15 Å². The predicted octanol–water partition coefficient (Wildman–Crippen LogP) is 3.88. The summed E-state index contributed by atoms with van der Waals surface area (Å²) in [6.45, 7) is 2.47. The van der Waals surface area contributed by atoms with E-state index in [1.807, 2.05) is 0 Å². The molecule has 2 aromatic rings. The molecular weight excluding hydrogens is 290 g/mol. The predicted molar refractivity (Wildman–Crippen MR) is 88.4 cm³/mol. The lowest BCUT2D eigenvalue weighted by Gasteiger charge is -2.32. The van der Waals surface area contributed by atoms with Crippen molar-refractivity contribution in [2.75, 3.05) is 14.2 Å². The molecule has 0 N–H and O–H groups in total. The number of carbonyl (C=O) groups excluding carboxylic acids is 1. The second-order valence-electron chi connectivity index (χ2n) is 6.20. The van der Waals surface area contributed by atoms with E-state index in [0.29, 0.717) is 23.9 Å². The maximum Gasteiger partial charge on any atom is 0.341 e. The Balaban J connectivity index is 1.78. The van der Waals surface area contributed by atoms with Crippen LogP contribution < -0.4 is 0 Å². The molecule has 1 aromatic heterocycles. The molecule has 0 radical (unpaired) electrons. The van der Waals surface area contributed by atoms with Crippen molar-refractivity contribution in [2.24, 2.45) is 0 Å². The molecule has 23 heavy (non-hydrogen) atoms. The van der Waals surface area contributed by atoms with Gasteiger partial charge in [-0.3, -0.25) is 4.90 Å². The van der Waals surface area contributed by atoms with Crippen molar-refractivity contribution in [3.63, 3.8) is 0 Å². The van der Waals surface area contributed by atoms with E-state index in [1.165, 1.54) is 24.7 Å². The van der Waals surface area contributed by atoms with Crippen LogP contribution in [0.3, 0.4) is 0 Å². The van der Waals surface area contributed by atoms with Crippen LogP contribution in [0.5, 0.6) is 0 Å². The minimum atomic E-state index is -0.344. The Kier molecular flexibility index (Phi) is 4.53. The van der Waals surface area contributed by atoms with Gasteiger partial charge in [0.1, 0.15) is 17.1 Å². The van der Waals surface area contributed by atoms with Crippen LogP contribution in [-0.2, 0) is 17.7 Å². The maximum atomic E-state index is 11.7. The van der Waals surface area contributed by atoms with Crippen molar-refractivity contribution in [2.45, 2.75) is 38.8 Å². The lowest BCUT2D eigenvalue weighted by atomic mass is 9.87. The number of carbonyl (C=O) groups is 1. The van der Waals surface area contributed by atoms with Gasteiger partial charge in [-0.1, -0.05) is 24.3 Å². The minimum Gasteiger partial charge on any atom is -0.465 e. The highest BCUT2D eigenvalue weighted by atomic mass is 16.5. The zero-order valence-corrected chi connectivity index (χ0v) is 14.0. The molecule has 1 aliphatic carbocycles. The number of fused-ring (bicyclic) bond motifs is 1. The van der Waals surface area contributed by atoms with Gasteiger partial charge in [0.25, 0.3) is 0 Å². The van der Waals surface area contributed by atoms with Crippen LogP contribution in [0.4, 0.5) is 0 Å². The molecule has 4 nitrogen and oxygen atoms in total. The van der Waals surface area contributed by atoms with Crippen LogP contribution >= 0.6 is 0 Å². The number of rotatable bonds is 4. The third-order valence-electron chi connectivity index (χ3n) is 4.65. The molecular formula is C19H23NO3. The third kappa shape index (κ3) is 3.17. The first kappa shape index (κ1) is 15.8. The van der Waals surface area contributed by atoms with E-state index in [-0.39, 0.29) is 5.97 Å². The van der Waals surface area contributed by atoms with Crippen LogP contribution in [-0.4, -0.2) is 25.0 Å². The van der Waals surface area contributed by atoms with E-state index in [2.05, 4.69) is 36.2 Å². The van der Waals surface area contributed by atoms with Gasteiger partial charge in [-0.05, 0) is 50.4 Å². The van der Waals surface area contributed by atoms with Crippen LogP contribution in [0.1, 0.15) is 51.9 Å². The number of esters is 1. The summed E-state index contributed by atoms with van der Waals surface area (Å²) in [4.78, 5) is 14.0. The van der Waals surface area contributed by atoms with Crippen LogP contribution in [0.25, 0.3) is 0 Å². The summed E-state index contributed by atoms with van der Waals surface area (Å²) in [6.07, 6.45) is 3.51. The number of hydrogen-bond donors (Lipinski definition) is 0. The van der Waals surface area contributed by atoms with Crippen molar-refractivity contribution in [1.82, 2.24) is 4.90 Å². The highest BCUT2D eigenvalue weighted by Crippen LogP contribution is 2.34. The molecule has 0 spiro atoms. The zero-order valence-electron chi connectivity index (χ0n) is 14.0. The van der Waals surface area contributed by atoms with Crippen LogP contribution in [0.15, 0.2) is 34.7 Å². The lowest BCUT2D eigenvalue weighted by Crippen LogP contribution is -2.27. The summed E-state index contributed by atoms with van der Waals surface area (Å²) in [6, 6.07) is 10.9. The Morgan fingerprint density at radius 2 is 2.17 bits per heavy atom. The fraction of sp³-hybridized carbons (Fsp3) is 0.421. The van der Waals surface area contributed by atoms with Gasteiger partial charge in [0, 0.05) is 6.04 Å². The molecule has 0 saturated heterocycles. The number of furan rings is 1. The second kappa shape index (κ2) is 6.59. The Morgan fingerprint density at radius 1 is 1.39 bits per heavy atom. The smallest absolute Gasteiger partial charge is 0.341 e. The number of methoxy groups -OCH3 is 1. The van der Waals surface area contributed by atoms with Gasteiger partial charge in [-0.15, -0.1) is 0 Å². The minimum absolute atomic E-state index is 0.344. The van der Waals surface area contributed by atoms with Gasteiger partial charge in [-0.25, -0.2) is 4.79 Å². The summed E-state index contributed by atoms with van der Waals surface area (Å²) in [7, 11) is 3.50. The molecule has 1 atom stereocenters. The number of ether oxygens (including phenoxy) is 1. The number of benzene rings is 1. The van der Waals surface area contributed by atoms with Crippen molar-refractivity contribution < 1.29 is 13.9 Å². The SMILES string of the molecule is COC(=O)c1cc(CN(C)C2CCCc3ccccc32)oc1C. The zero-order chi connectivity index (χ0) is 16.4. The maximum absolute atomic E-state index is 11.7. The number of aryl methyl sites for hydroxylation is 2. The van der Waals surface area contributed by atoms with E-state index >= 15 is 0 Å². The Labute approximate surface area is 137 Å². The van der Waals surface area contributed by atoms with E-state index in [0.717, 1.165) is 18.6 Å². The molecule has 1 aliphatic rings. The Hall–Kier alpha value is -2.07. The highest BCUT2D eigenvalue weighted by Gasteiger charge is 2.25. The lowest BCUT2D eigenvalue weighted by molar-refractivity contribution is 0.0599. The molecule has 122 valence electrons. The van der Waals surface area contributed by atoms with Crippen molar-refractivity contribution in [3.8, 4) is 0 Å². The molecule has 0 aliphatic heterocycles. The van der Waals surface area contributed by atoms with Crippen molar-refractivity contribution in [1.29, 1.82) is 0 Å². The first-order valence-corrected chi connectivity index (χ1v) is 8.06. The van der Waals surface area contributed by atoms with Crippen LogP contribution in [0.2, 0.25) is 0 Å². The average molecular weight is 313 g/mol. The monoisotopic (exact) mass is 313 g/mol. The Bertz CT molecular complexity index is 704. The largest absolute Gasteiger partial charge is 0.465 e. The van der Waals surface area contributed by atoms with Crippen molar-refractivity contribution in [3.05, 3.63) is 58.5 Å². The van der Waals surface area contributed by atoms with Gasteiger partial charge in [0.2, 0.25) is 0 Å². The molecule has 0 bridgehead atoms. The van der Waals surface area contributed by atoms with Gasteiger partial charge in [0.15, 0.2) is 0 Å². The van der Waals surface area contributed by atoms with Gasteiger partial charge in [0.05, 0.1) is 13.7 Å². The fourth-order valence-corrected chi connectivity index (χ4v) is 3.48. The molecule has 1 heterocycles. The first-order chi connectivity index (χ1) is 11.1. The fourth-order valence-electron chi connectivity index (χ4n) is 3.48. The number of nitrogens with zero attached hydrogens (tertiary/aromatic N) is 1. The molecule has 0 saturated carbocycles. The third-order valence-corrected chi connectivity index (χ3v) is 4.65. The molecule has 3 rings (SSSR count).